The second kappa shape index (κ2) is 8.13. The molecule has 6 heteroatoms. The maximum atomic E-state index is 14.8. The van der Waals surface area contributed by atoms with E-state index in [9.17, 15) is 9.65 Å². The summed E-state index contributed by atoms with van der Waals surface area (Å²) in [6, 6.07) is 17.6. The van der Waals surface area contributed by atoms with E-state index in [4.69, 9.17) is 5.73 Å². The molecule has 1 fully saturated rings. The number of halogens is 1. The van der Waals surface area contributed by atoms with E-state index < -0.39 is 5.95 Å². The number of hydrogen-bond donors (Lipinski definition) is 1. The van der Waals surface area contributed by atoms with E-state index in [2.05, 4.69) is 34.9 Å². The van der Waals surface area contributed by atoms with Gasteiger partial charge >= 0.3 is 0 Å². The van der Waals surface area contributed by atoms with Gasteiger partial charge in [0.05, 0.1) is 16.9 Å². The Labute approximate surface area is 176 Å². The van der Waals surface area contributed by atoms with Crippen LogP contribution in [0.25, 0.3) is 22.3 Å². The van der Waals surface area contributed by atoms with Crippen molar-refractivity contribution in [2.75, 3.05) is 37.8 Å². The molecule has 1 aliphatic rings. The summed E-state index contributed by atoms with van der Waals surface area (Å²) in [5, 5.41) is 9.74. The van der Waals surface area contributed by atoms with Crippen molar-refractivity contribution in [1.29, 1.82) is 5.26 Å². The second-order valence-corrected chi connectivity index (χ2v) is 7.78. The largest absolute Gasteiger partial charge is 0.397 e. The van der Waals surface area contributed by atoms with E-state index in [1.807, 2.05) is 36.4 Å². The highest BCUT2D eigenvalue weighted by Crippen LogP contribution is 2.46. The minimum Gasteiger partial charge on any atom is -0.397 e. The third kappa shape index (κ3) is 3.49. The van der Waals surface area contributed by atoms with Crippen molar-refractivity contribution >= 4 is 11.4 Å². The molecule has 0 aliphatic carbocycles. The molecule has 0 spiro atoms. The van der Waals surface area contributed by atoms with E-state index >= 15 is 0 Å². The molecule has 0 bridgehead atoms. The Kier molecular flexibility index (Phi) is 5.39. The number of nitrogen functional groups attached to an aromatic ring is 1. The molecule has 1 atom stereocenters. The number of rotatable bonds is 4. The third-order valence-electron chi connectivity index (χ3n) is 5.78. The van der Waals surface area contributed by atoms with E-state index in [-0.39, 0.29) is 5.69 Å². The fourth-order valence-electron chi connectivity index (χ4n) is 4.16. The molecule has 0 saturated carbocycles. The zero-order chi connectivity index (χ0) is 21.3. The van der Waals surface area contributed by atoms with Gasteiger partial charge in [-0.05, 0) is 44.3 Å². The van der Waals surface area contributed by atoms with Gasteiger partial charge in [0.2, 0.25) is 5.95 Å². The van der Waals surface area contributed by atoms with Crippen molar-refractivity contribution in [1.82, 2.24) is 9.88 Å². The Balaban J connectivity index is 2.03. The van der Waals surface area contributed by atoms with E-state index in [1.54, 1.807) is 12.1 Å². The predicted molar refractivity (Wildman–Crippen MR) is 118 cm³/mol. The second-order valence-electron chi connectivity index (χ2n) is 7.78. The molecule has 152 valence electrons. The lowest BCUT2D eigenvalue weighted by Crippen LogP contribution is -2.32. The van der Waals surface area contributed by atoms with Gasteiger partial charge in [0.1, 0.15) is 6.07 Å². The monoisotopic (exact) mass is 401 g/mol. The Morgan fingerprint density at radius 1 is 1.17 bits per heavy atom. The Morgan fingerprint density at radius 2 is 1.93 bits per heavy atom. The van der Waals surface area contributed by atoms with Crippen LogP contribution in [0.15, 0.2) is 54.7 Å². The number of benzene rings is 2. The summed E-state index contributed by atoms with van der Waals surface area (Å²) >= 11 is 0. The number of hydrogen-bond acceptors (Lipinski definition) is 5. The van der Waals surface area contributed by atoms with Gasteiger partial charge in [0.25, 0.3) is 0 Å². The number of nitriles is 1. The van der Waals surface area contributed by atoms with Crippen LogP contribution in [-0.2, 0) is 0 Å². The lowest BCUT2D eigenvalue weighted by Gasteiger charge is -2.28. The molecule has 0 amide bonds. The highest BCUT2D eigenvalue weighted by atomic mass is 19.1. The number of nitrogens with two attached hydrogens (primary N) is 1. The van der Waals surface area contributed by atoms with Crippen molar-refractivity contribution in [3.63, 3.8) is 0 Å². The highest BCUT2D eigenvalue weighted by molar-refractivity contribution is 5.99. The number of anilines is 2. The molecule has 2 N–H and O–H groups in total. The first kappa shape index (κ1) is 19.9. The maximum absolute atomic E-state index is 14.8. The minimum absolute atomic E-state index is 0.285. The fraction of sp³-hybridized carbons (Fsp3) is 0.250. The summed E-state index contributed by atoms with van der Waals surface area (Å²) in [5.74, 6) is -0.595. The molecule has 1 aliphatic heterocycles. The molecule has 3 aromatic rings. The Morgan fingerprint density at radius 3 is 2.57 bits per heavy atom. The molecule has 0 radical (unpaired) electrons. The van der Waals surface area contributed by atoms with Crippen LogP contribution in [0.5, 0.6) is 0 Å². The molecule has 1 aromatic heterocycles. The van der Waals surface area contributed by atoms with Gasteiger partial charge in [0, 0.05) is 42.0 Å². The Bertz CT molecular complexity index is 1100. The lowest BCUT2D eigenvalue weighted by atomic mass is 9.91. The highest BCUT2D eigenvalue weighted by Gasteiger charge is 2.30. The summed E-state index contributed by atoms with van der Waals surface area (Å²) in [4.78, 5) is 8.30. The quantitative estimate of drug-likeness (QED) is 0.525. The molecule has 2 aromatic carbocycles. The number of likely N-dealkylation sites (N-methyl/N-ethyl adjacent to an activating group) is 1. The molecule has 4 rings (SSSR count). The van der Waals surface area contributed by atoms with Crippen LogP contribution >= 0.6 is 0 Å². The van der Waals surface area contributed by atoms with Crippen molar-refractivity contribution in [2.24, 2.45) is 0 Å². The van der Waals surface area contributed by atoms with Crippen LogP contribution in [0.2, 0.25) is 0 Å². The molecule has 5 nitrogen and oxygen atoms in total. The average Bonchev–Trinajstić information content (AvgIpc) is 3.25. The molecule has 0 unspecified atom stereocenters. The van der Waals surface area contributed by atoms with E-state index in [1.165, 1.54) is 6.20 Å². The summed E-state index contributed by atoms with van der Waals surface area (Å²) < 4.78 is 14.8. The first-order chi connectivity index (χ1) is 14.5. The van der Waals surface area contributed by atoms with Crippen LogP contribution in [0.3, 0.4) is 0 Å². The topological polar surface area (TPSA) is 69.2 Å². The zero-order valence-corrected chi connectivity index (χ0v) is 17.1. The summed E-state index contributed by atoms with van der Waals surface area (Å²) in [7, 11) is 4.14. The van der Waals surface area contributed by atoms with Crippen molar-refractivity contribution in [3.8, 4) is 28.3 Å². The van der Waals surface area contributed by atoms with Gasteiger partial charge in [0.15, 0.2) is 0 Å². The van der Waals surface area contributed by atoms with E-state index in [0.717, 1.165) is 36.3 Å². The summed E-state index contributed by atoms with van der Waals surface area (Å²) in [5.41, 5.74) is 10.6. The fourth-order valence-corrected chi connectivity index (χ4v) is 4.16. The van der Waals surface area contributed by atoms with E-state index in [0.29, 0.717) is 22.7 Å². The summed E-state index contributed by atoms with van der Waals surface area (Å²) in [6.45, 7) is 1.62. The van der Waals surface area contributed by atoms with Gasteiger partial charge in [-0.25, -0.2) is 4.98 Å². The Hall–Kier alpha value is -3.43. The van der Waals surface area contributed by atoms with Crippen LogP contribution in [0.4, 0.5) is 15.8 Å². The van der Waals surface area contributed by atoms with Gasteiger partial charge in [-0.15, -0.1) is 0 Å². The number of aromatic nitrogens is 1. The third-order valence-corrected chi connectivity index (χ3v) is 5.78. The molecular formula is C24H24FN5. The standard InChI is InChI=1S/C24H24FN5/c1-29(2)18-10-12-30(15-18)23-20(16-7-4-3-5-8-16)13-17(14-26)22(27)21(23)19-9-6-11-28-24(19)25/h3-9,11,13,18H,10,12,15,27H2,1-2H3/t18-/m0/s1. The van der Waals surface area contributed by atoms with Crippen molar-refractivity contribution in [3.05, 3.63) is 66.2 Å². The first-order valence-electron chi connectivity index (χ1n) is 9.95. The predicted octanol–water partition coefficient (Wildman–Crippen LogP) is 4.15. The molecule has 30 heavy (non-hydrogen) atoms. The van der Waals surface area contributed by atoms with Crippen molar-refractivity contribution in [2.45, 2.75) is 12.5 Å². The van der Waals surface area contributed by atoms with Gasteiger partial charge in [-0.1, -0.05) is 30.3 Å². The van der Waals surface area contributed by atoms with Crippen LogP contribution in [-0.4, -0.2) is 43.1 Å². The number of nitrogens with zero attached hydrogens (tertiary/aromatic N) is 4. The van der Waals surface area contributed by atoms with Crippen LogP contribution < -0.4 is 10.6 Å². The zero-order valence-electron chi connectivity index (χ0n) is 17.1. The minimum atomic E-state index is -0.595. The first-order valence-corrected chi connectivity index (χ1v) is 9.95. The normalized spacial score (nSPS) is 16.1. The van der Waals surface area contributed by atoms with Crippen LogP contribution in [0, 0.1) is 17.3 Å². The molecular weight excluding hydrogens is 377 g/mol. The van der Waals surface area contributed by atoms with Gasteiger partial charge in [-0.2, -0.15) is 9.65 Å². The maximum Gasteiger partial charge on any atom is 0.220 e. The van der Waals surface area contributed by atoms with Crippen LogP contribution in [0.1, 0.15) is 12.0 Å². The van der Waals surface area contributed by atoms with Crippen molar-refractivity contribution < 1.29 is 4.39 Å². The van der Waals surface area contributed by atoms with Gasteiger partial charge in [-0.3, -0.25) is 0 Å². The SMILES string of the molecule is CN(C)[C@H]1CCN(c2c(-c3ccccc3)cc(C#N)c(N)c2-c2cccnc2F)C1. The van der Waals surface area contributed by atoms with Gasteiger partial charge < -0.3 is 15.5 Å². The molecule has 2 heterocycles. The molecule has 1 saturated heterocycles. The summed E-state index contributed by atoms with van der Waals surface area (Å²) in [6.07, 6.45) is 2.41. The smallest absolute Gasteiger partial charge is 0.220 e. The number of pyridine rings is 1. The lowest BCUT2D eigenvalue weighted by molar-refractivity contribution is 0.315. The average molecular weight is 401 g/mol.